The molecule has 0 fully saturated rings. The van der Waals surface area contributed by atoms with Crippen molar-refractivity contribution in [2.24, 2.45) is 0 Å². The minimum atomic E-state index is -0.190. The zero-order chi connectivity index (χ0) is 15.0. The van der Waals surface area contributed by atoms with E-state index in [1.54, 1.807) is 12.1 Å². The second-order valence-electron chi connectivity index (χ2n) is 4.72. The number of carbonyl (C=O) groups is 2. The highest BCUT2D eigenvalue weighted by atomic mass is 16.5. The van der Waals surface area contributed by atoms with Crippen molar-refractivity contribution in [1.29, 1.82) is 0 Å². The van der Waals surface area contributed by atoms with Gasteiger partial charge >= 0.3 is 5.97 Å². The number of benzene rings is 1. The average Bonchev–Trinajstić information content (AvgIpc) is 2.44. The van der Waals surface area contributed by atoms with Crippen molar-refractivity contribution < 1.29 is 14.3 Å². The van der Waals surface area contributed by atoms with Crippen LogP contribution in [0.5, 0.6) is 0 Å². The smallest absolute Gasteiger partial charge is 0.305 e. The third-order valence-electron chi connectivity index (χ3n) is 3.08. The molecule has 0 aliphatic heterocycles. The number of nitrogen functional groups attached to an aromatic ring is 1. The molecule has 0 aliphatic carbocycles. The van der Waals surface area contributed by atoms with E-state index in [2.05, 4.69) is 10.1 Å². The fourth-order valence-corrected chi connectivity index (χ4v) is 1.85. The van der Waals surface area contributed by atoms with Gasteiger partial charge in [-0.1, -0.05) is 12.5 Å². The molecule has 0 bridgehead atoms. The van der Waals surface area contributed by atoms with Gasteiger partial charge in [0.05, 0.1) is 7.11 Å². The van der Waals surface area contributed by atoms with Gasteiger partial charge in [0.2, 0.25) is 0 Å². The summed E-state index contributed by atoms with van der Waals surface area (Å²) in [5.41, 5.74) is 7.78. The van der Waals surface area contributed by atoms with Crippen LogP contribution in [-0.2, 0) is 9.53 Å². The van der Waals surface area contributed by atoms with Crippen molar-refractivity contribution in [3.63, 3.8) is 0 Å². The van der Waals surface area contributed by atoms with Crippen LogP contribution in [0.15, 0.2) is 18.2 Å². The number of unbranched alkanes of at least 4 members (excludes halogenated alkanes) is 2. The minimum absolute atomic E-state index is 0.109. The van der Waals surface area contributed by atoms with Gasteiger partial charge in [-0.3, -0.25) is 9.59 Å². The SMILES string of the molecule is COC(=O)CCCCCNC(=O)c1cc(N)ccc1C. The van der Waals surface area contributed by atoms with Gasteiger partial charge in [-0.15, -0.1) is 0 Å². The second-order valence-corrected chi connectivity index (χ2v) is 4.72. The first kappa shape index (κ1) is 16.0. The van der Waals surface area contributed by atoms with E-state index in [1.807, 2.05) is 13.0 Å². The molecule has 0 atom stereocenters. The van der Waals surface area contributed by atoms with E-state index in [0.717, 1.165) is 24.8 Å². The van der Waals surface area contributed by atoms with Crippen LogP contribution in [0.4, 0.5) is 5.69 Å². The second kappa shape index (κ2) is 8.19. The normalized spacial score (nSPS) is 10.1. The van der Waals surface area contributed by atoms with Gasteiger partial charge in [-0.05, 0) is 37.5 Å². The maximum absolute atomic E-state index is 12.0. The summed E-state index contributed by atoms with van der Waals surface area (Å²) in [4.78, 5) is 22.9. The Morgan fingerprint density at radius 3 is 2.70 bits per heavy atom. The van der Waals surface area contributed by atoms with Crippen molar-refractivity contribution in [3.8, 4) is 0 Å². The Hall–Kier alpha value is -2.04. The van der Waals surface area contributed by atoms with Gasteiger partial charge in [0.1, 0.15) is 0 Å². The molecule has 1 aromatic rings. The van der Waals surface area contributed by atoms with Gasteiger partial charge in [0.15, 0.2) is 0 Å². The summed E-state index contributed by atoms with van der Waals surface area (Å²) in [5, 5.41) is 2.86. The van der Waals surface area contributed by atoms with E-state index in [4.69, 9.17) is 5.73 Å². The molecule has 0 unspecified atom stereocenters. The molecule has 0 aliphatic rings. The van der Waals surface area contributed by atoms with Gasteiger partial charge in [-0.2, -0.15) is 0 Å². The standard InChI is InChI=1S/C15H22N2O3/c1-11-7-8-12(16)10-13(11)15(19)17-9-5-3-4-6-14(18)20-2/h7-8,10H,3-6,9,16H2,1-2H3,(H,17,19). The van der Waals surface area contributed by atoms with Crippen molar-refractivity contribution in [2.45, 2.75) is 32.6 Å². The van der Waals surface area contributed by atoms with Crippen molar-refractivity contribution in [3.05, 3.63) is 29.3 Å². The lowest BCUT2D eigenvalue weighted by Crippen LogP contribution is -2.25. The largest absolute Gasteiger partial charge is 0.469 e. The Kier molecular flexibility index (Phi) is 6.56. The topological polar surface area (TPSA) is 81.4 Å². The highest BCUT2D eigenvalue weighted by Gasteiger charge is 2.08. The number of ether oxygens (including phenoxy) is 1. The highest BCUT2D eigenvalue weighted by molar-refractivity contribution is 5.96. The number of anilines is 1. The number of methoxy groups -OCH3 is 1. The molecule has 0 saturated carbocycles. The molecular weight excluding hydrogens is 256 g/mol. The Balaban J connectivity index is 2.27. The van der Waals surface area contributed by atoms with Crippen molar-refractivity contribution in [2.75, 3.05) is 19.4 Å². The van der Waals surface area contributed by atoms with E-state index in [-0.39, 0.29) is 11.9 Å². The zero-order valence-corrected chi connectivity index (χ0v) is 12.1. The van der Waals surface area contributed by atoms with E-state index in [1.165, 1.54) is 7.11 Å². The van der Waals surface area contributed by atoms with Crippen molar-refractivity contribution >= 4 is 17.6 Å². The quantitative estimate of drug-likeness (QED) is 0.454. The number of rotatable bonds is 7. The fraction of sp³-hybridized carbons (Fsp3) is 0.467. The molecular formula is C15H22N2O3. The molecule has 1 amide bonds. The summed E-state index contributed by atoms with van der Waals surface area (Å²) in [7, 11) is 1.39. The molecule has 20 heavy (non-hydrogen) atoms. The molecule has 0 radical (unpaired) electrons. The van der Waals surface area contributed by atoms with Crippen LogP contribution in [0, 0.1) is 6.92 Å². The molecule has 1 aromatic carbocycles. The zero-order valence-electron chi connectivity index (χ0n) is 12.1. The molecule has 5 nitrogen and oxygen atoms in total. The summed E-state index contributed by atoms with van der Waals surface area (Å²) in [6.45, 7) is 2.47. The Labute approximate surface area is 119 Å². The Morgan fingerprint density at radius 2 is 2.00 bits per heavy atom. The number of nitrogens with two attached hydrogens (primary N) is 1. The Bertz CT molecular complexity index is 472. The first-order chi connectivity index (χ1) is 9.54. The van der Waals surface area contributed by atoms with E-state index in [9.17, 15) is 9.59 Å². The van der Waals surface area contributed by atoms with Gasteiger partial charge in [-0.25, -0.2) is 0 Å². The van der Waals surface area contributed by atoms with E-state index in [0.29, 0.717) is 24.2 Å². The third-order valence-corrected chi connectivity index (χ3v) is 3.08. The van der Waals surface area contributed by atoms with Crippen LogP contribution >= 0.6 is 0 Å². The molecule has 0 saturated heterocycles. The maximum Gasteiger partial charge on any atom is 0.305 e. The molecule has 0 heterocycles. The molecule has 3 N–H and O–H groups in total. The lowest BCUT2D eigenvalue weighted by atomic mass is 10.1. The predicted molar refractivity (Wildman–Crippen MR) is 78.4 cm³/mol. The molecule has 0 aromatic heterocycles. The first-order valence-corrected chi connectivity index (χ1v) is 6.75. The molecule has 0 spiro atoms. The number of aryl methyl sites for hydroxylation is 1. The predicted octanol–water partition coefficient (Wildman–Crippen LogP) is 2.04. The fourth-order valence-electron chi connectivity index (χ4n) is 1.85. The lowest BCUT2D eigenvalue weighted by molar-refractivity contribution is -0.140. The molecule has 5 heteroatoms. The minimum Gasteiger partial charge on any atom is -0.469 e. The van der Waals surface area contributed by atoms with E-state index >= 15 is 0 Å². The van der Waals surface area contributed by atoms with Crippen LogP contribution in [0.1, 0.15) is 41.6 Å². The third kappa shape index (κ3) is 5.30. The van der Waals surface area contributed by atoms with Crippen LogP contribution in [-0.4, -0.2) is 25.5 Å². The van der Waals surface area contributed by atoms with Crippen LogP contribution in [0.25, 0.3) is 0 Å². The first-order valence-electron chi connectivity index (χ1n) is 6.75. The summed E-state index contributed by atoms with van der Waals surface area (Å²) in [6, 6.07) is 5.29. The molecule has 110 valence electrons. The van der Waals surface area contributed by atoms with Crippen LogP contribution < -0.4 is 11.1 Å². The average molecular weight is 278 g/mol. The van der Waals surface area contributed by atoms with Gasteiger partial charge < -0.3 is 15.8 Å². The lowest BCUT2D eigenvalue weighted by Gasteiger charge is -2.08. The summed E-state index contributed by atoms with van der Waals surface area (Å²) in [6.07, 6.45) is 2.92. The number of carbonyl (C=O) groups excluding carboxylic acids is 2. The van der Waals surface area contributed by atoms with Crippen LogP contribution in [0.3, 0.4) is 0 Å². The summed E-state index contributed by atoms with van der Waals surface area (Å²) in [5.74, 6) is -0.299. The number of amides is 1. The van der Waals surface area contributed by atoms with E-state index < -0.39 is 0 Å². The monoisotopic (exact) mass is 278 g/mol. The summed E-state index contributed by atoms with van der Waals surface area (Å²) >= 11 is 0. The maximum atomic E-state index is 12.0. The number of esters is 1. The van der Waals surface area contributed by atoms with Crippen LogP contribution in [0.2, 0.25) is 0 Å². The van der Waals surface area contributed by atoms with Crippen molar-refractivity contribution in [1.82, 2.24) is 5.32 Å². The van der Waals surface area contributed by atoms with Gasteiger partial charge in [0, 0.05) is 24.2 Å². The highest BCUT2D eigenvalue weighted by Crippen LogP contribution is 2.12. The number of hydrogen-bond donors (Lipinski definition) is 2. The number of nitrogens with one attached hydrogen (secondary N) is 1. The van der Waals surface area contributed by atoms with Gasteiger partial charge in [0.25, 0.3) is 5.91 Å². The Morgan fingerprint density at radius 1 is 1.25 bits per heavy atom. The molecule has 1 rings (SSSR count). The summed E-state index contributed by atoms with van der Waals surface area (Å²) < 4.78 is 4.56. The number of hydrogen-bond acceptors (Lipinski definition) is 4.